The minimum atomic E-state index is -0.501. The average molecular weight is 398 g/mol. The zero-order chi connectivity index (χ0) is 19.5. The second-order valence-corrected chi connectivity index (χ2v) is 6.95. The molecule has 6 nitrogen and oxygen atoms in total. The maximum atomic E-state index is 11.3. The van der Waals surface area contributed by atoms with E-state index in [-0.39, 0.29) is 6.54 Å². The quantitative estimate of drug-likeness (QED) is 0.709. The van der Waals surface area contributed by atoms with Crippen LogP contribution in [0.1, 0.15) is 17.5 Å². The first-order valence-electron chi connectivity index (χ1n) is 9.06. The van der Waals surface area contributed by atoms with Gasteiger partial charge in [0.25, 0.3) is 0 Å². The van der Waals surface area contributed by atoms with Crippen LogP contribution < -0.4 is 10.1 Å². The lowest BCUT2D eigenvalue weighted by atomic mass is 10.0. The number of aryl methyl sites for hydroxylation is 1. The lowest BCUT2D eigenvalue weighted by molar-refractivity contribution is 0.170. The van der Waals surface area contributed by atoms with Crippen molar-refractivity contribution in [3.05, 3.63) is 64.8 Å². The molecule has 3 aromatic rings. The molecule has 2 aromatic carbocycles. The van der Waals surface area contributed by atoms with Crippen molar-refractivity contribution in [2.45, 2.75) is 19.4 Å². The molecule has 1 aliphatic rings. The molecule has 0 aliphatic carbocycles. The highest BCUT2D eigenvalue weighted by molar-refractivity contribution is 6.31. The predicted molar refractivity (Wildman–Crippen MR) is 107 cm³/mol. The molecule has 0 unspecified atom stereocenters. The number of fused-ring (bicyclic) bond motifs is 1. The second kappa shape index (κ2) is 7.94. The van der Waals surface area contributed by atoms with Gasteiger partial charge in [-0.05, 0) is 66.4 Å². The molecule has 0 saturated heterocycles. The summed E-state index contributed by atoms with van der Waals surface area (Å²) in [5.74, 6) is 0.967. The van der Waals surface area contributed by atoms with E-state index in [9.17, 15) is 4.79 Å². The van der Waals surface area contributed by atoms with Gasteiger partial charge in [-0.3, -0.25) is 0 Å². The Bertz CT molecular complexity index is 1020. The van der Waals surface area contributed by atoms with Gasteiger partial charge in [0.1, 0.15) is 5.75 Å². The Kier molecular flexibility index (Phi) is 5.21. The zero-order valence-electron chi connectivity index (χ0n) is 15.4. The molecular weight excluding hydrogens is 378 g/mol. The molecule has 2 heterocycles. The van der Waals surface area contributed by atoms with Crippen LogP contribution in [0.15, 0.2) is 48.7 Å². The van der Waals surface area contributed by atoms with Gasteiger partial charge in [0.2, 0.25) is 0 Å². The number of ether oxygens (including phenoxy) is 2. The van der Waals surface area contributed by atoms with Crippen LogP contribution in [-0.4, -0.2) is 29.6 Å². The molecule has 1 amide bonds. The van der Waals surface area contributed by atoms with Gasteiger partial charge in [-0.15, -0.1) is 0 Å². The fourth-order valence-electron chi connectivity index (χ4n) is 3.22. The summed E-state index contributed by atoms with van der Waals surface area (Å²) < 4.78 is 12.1. The van der Waals surface area contributed by atoms with Crippen molar-refractivity contribution in [2.75, 3.05) is 13.7 Å². The summed E-state index contributed by atoms with van der Waals surface area (Å²) in [4.78, 5) is 11.3. The van der Waals surface area contributed by atoms with Crippen LogP contribution in [0.3, 0.4) is 0 Å². The van der Waals surface area contributed by atoms with E-state index in [0.717, 1.165) is 47.7 Å². The molecule has 1 N–H and O–H groups in total. The van der Waals surface area contributed by atoms with Crippen molar-refractivity contribution in [1.82, 2.24) is 15.1 Å². The van der Waals surface area contributed by atoms with Gasteiger partial charge in [0.15, 0.2) is 0 Å². The molecule has 7 heteroatoms. The number of rotatable bonds is 4. The third-order valence-electron chi connectivity index (χ3n) is 4.70. The molecule has 0 spiro atoms. The lowest BCUT2D eigenvalue weighted by Gasteiger charge is -2.17. The first-order chi connectivity index (χ1) is 13.6. The summed E-state index contributed by atoms with van der Waals surface area (Å²) in [7, 11) is 1.32. The number of nitrogens with zero attached hydrogens (tertiary/aromatic N) is 2. The maximum absolute atomic E-state index is 11.3. The van der Waals surface area contributed by atoms with E-state index in [0.29, 0.717) is 5.02 Å². The molecule has 0 fully saturated rings. The average Bonchev–Trinajstić information content (AvgIpc) is 3.23. The van der Waals surface area contributed by atoms with Gasteiger partial charge in [0.05, 0.1) is 25.1 Å². The summed E-state index contributed by atoms with van der Waals surface area (Å²) in [6.07, 6.45) is 3.47. The van der Waals surface area contributed by atoms with Crippen LogP contribution >= 0.6 is 11.6 Å². The SMILES string of the molecule is COC(=O)NCc1cc(-n2ccc(-c3ccc4c(c3)CCCO4)n2)ccc1Cl. The zero-order valence-corrected chi connectivity index (χ0v) is 16.2. The number of alkyl carbamates (subject to hydrolysis) is 1. The van der Waals surface area contributed by atoms with E-state index in [4.69, 9.17) is 21.4 Å². The number of halogens is 1. The molecule has 144 valence electrons. The maximum Gasteiger partial charge on any atom is 0.407 e. The van der Waals surface area contributed by atoms with Crippen molar-refractivity contribution < 1.29 is 14.3 Å². The van der Waals surface area contributed by atoms with Gasteiger partial charge >= 0.3 is 6.09 Å². The molecule has 1 aliphatic heterocycles. The minimum absolute atomic E-state index is 0.276. The van der Waals surface area contributed by atoms with Crippen LogP contribution in [-0.2, 0) is 17.7 Å². The van der Waals surface area contributed by atoms with Gasteiger partial charge in [-0.1, -0.05) is 11.6 Å². The first-order valence-corrected chi connectivity index (χ1v) is 9.44. The summed E-state index contributed by atoms with van der Waals surface area (Å²) in [6.45, 7) is 1.06. The highest BCUT2D eigenvalue weighted by Crippen LogP contribution is 2.30. The number of carbonyl (C=O) groups is 1. The van der Waals surface area contributed by atoms with Crippen LogP contribution in [0.2, 0.25) is 5.02 Å². The van der Waals surface area contributed by atoms with E-state index in [2.05, 4.69) is 16.1 Å². The smallest absolute Gasteiger partial charge is 0.407 e. The molecule has 0 bridgehead atoms. The number of nitrogens with one attached hydrogen (secondary N) is 1. The van der Waals surface area contributed by atoms with Crippen molar-refractivity contribution in [3.63, 3.8) is 0 Å². The third-order valence-corrected chi connectivity index (χ3v) is 5.06. The first kappa shape index (κ1) is 18.4. The molecule has 0 radical (unpaired) electrons. The van der Waals surface area contributed by atoms with Crippen LogP contribution in [0.5, 0.6) is 5.75 Å². The standard InChI is InChI=1S/C21H20ClN3O3/c1-27-21(26)23-13-16-12-17(5-6-18(16)22)25-9-8-19(24-25)14-4-7-20-15(11-14)3-2-10-28-20/h4-9,11-12H,2-3,10,13H2,1H3,(H,23,26). The molecule has 1 aromatic heterocycles. The number of benzene rings is 2. The van der Waals surface area contributed by atoms with Gasteiger partial charge in [-0.2, -0.15) is 5.10 Å². The van der Waals surface area contributed by atoms with Crippen molar-refractivity contribution in [1.29, 1.82) is 0 Å². The van der Waals surface area contributed by atoms with Crippen LogP contribution in [0, 0.1) is 0 Å². The molecular formula is C21H20ClN3O3. The Balaban J connectivity index is 1.58. The number of carbonyl (C=O) groups excluding carboxylic acids is 1. The van der Waals surface area contributed by atoms with E-state index < -0.39 is 6.09 Å². The summed E-state index contributed by atoms with van der Waals surface area (Å²) in [5.41, 5.74) is 4.81. The second-order valence-electron chi connectivity index (χ2n) is 6.54. The van der Waals surface area contributed by atoms with Crippen molar-refractivity contribution in [3.8, 4) is 22.7 Å². The lowest BCUT2D eigenvalue weighted by Crippen LogP contribution is -2.22. The fraction of sp³-hybridized carbons (Fsp3) is 0.238. The molecule has 28 heavy (non-hydrogen) atoms. The number of methoxy groups -OCH3 is 1. The summed E-state index contributed by atoms with van der Waals surface area (Å²) in [6, 6.07) is 13.8. The highest BCUT2D eigenvalue weighted by Gasteiger charge is 2.13. The van der Waals surface area contributed by atoms with Gasteiger partial charge in [0, 0.05) is 23.3 Å². The Hall–Kier alpha value is -2.99. The fourth-order valence-corrected chi connectivity index (χ4v) is 3.40. The van der Waals surface area contributed by atoms with Crippen LogP contribution in [0.25, 0.3) is 16.9 Å². The topological polar surface area (TPSA) is 65.4 Å². The van der Waals surface area contributed by atoms with Crippen molar-refractivity contribution in [2.24, 2.45) is 0 Å². The van der Waals surface area contributed by atoms with E-state index in [1.165, 1.54) is 12.7 Å². The number of amides is 1. The number of aromatic nitrogens is 2. The van der Waals surface area contributed by atoms with E-state index in [1.54, 1.807) is 10.7 Å². The highest BCUT2D eigenvalue weighted by atomic mass is 35.5. The summed E-state index contributed by atoms with van der Waals surface area (Å²) >= 11 is 6.25. The molecule has 4 rings (SSSR count). The van der Waals surface area contributed by atoms with Gasteiger partial charge in [-0.25, -0.2) is 9.48 Å². The largest absolute Gasteiger partial charge is 0.493 e. The Labute approximate surface area is 168 Å². The van der Waals surface area contributed by atoms with Crippen LogP contribution in [0.4, 0.5) is 4.79 Å². The van der Waals surface area contributed by atoms with Crippen molar-refractivity contribution >= 4 is 17.7 Å². The van der Waals surface area contributed by atoms with E-state index >= 15 is 0 Å². The Morgan fingerprint density at radius 2 is 2.18 bits per heavy atom. The minimum Gasteiger partial charge on any atom is -0.493 e. The molecule has 0 saturated carbocycles. The monoisotopic (exact) mass is 397 g/mol. The van der Waals surface area contributed by atoms with Gasteiger partial charge < -0.3 is 14.8 Å². The predicted octanol–water partition coefficient (Wildman–Crippen LogP) is 4.37. The third kappa shape index (κ3) is 3.82. The normalized spacial score (nSPS) is 12.8. The number of hydrogen-bond donors (Lipinski definition) is 1. The summed E-state index contributed by atoms with van der Waals surface area (Å²) in [5, 5.41) is 7.92. The van der Waals surface area contributed by atoms with E-state index in [1.807, 2.05) is 36.5 Å². The number of hydrogen-bond acceptors (Lipinski definition) is 4. The molecule has 0 atom stereocenters. The Morgan fingerprint density at radius 1 is 1.29 bits per heavy atom. The Morgan fingerprint density at radius 3 is 3.04 bits per heavy atom.